The average Bonchev–Trinajstić information content (AvgIpc) is 3.10. The Bertz CT molecular complexity index is 780. The second-order valence-corrected chi connectivity index (χ2v) is 6.06. The standard InChI is InChI=1S/C18H21N3O3/c1-12-11-15(22)17(20-21(12)14-7-4-3-5-8-14)18(23)19-13(2)16-9-6-10-24-16/h3-5,7-8,11,13,16H,6,9-10H2,1-2H3,(H,19,23)/t13-,16+/m0/s1. The van der Waals surface area contributed by atoms with Crippen molar-refractivity contribution in [1.29, 1.82) is 0 Å². The minimum Gasteiger partial charge on any atom is -0.376 e. The third-order valence-corrected chi connectivity index (χ3v) is 4.20. The van der Waals surface area contributed by atoms with Crippen molar-refractivity contribution in [3.8, 4) is 5.69 Å². The van der Waals surface area contributed by atoms with Gasteiger partial charge in [0.25, 0.3) is 5.91 Å². The van der Waals surface area contributed by atoms with Gasteiger partial charge in [-0.3, -0.25) is 9.59 Å². The molecule has 0 radical (unpaired) electrons. The third kappa shape index (κ3) is 3.38. The van der Waals surface area contributed by atoms with Gasteiger partial charge in [0.15, 0.2) is 5.69 Å². The van der Waals surface area contributed by atoms with Crippen molar-refractivity contribution in [2.24, 2.45) is 0 Å². The molecule has 1 aliphatic rings. The van der Waals surface area contributed by atoms with Crippen LogP contribution >= 0.6 is 0 Å². The Morgan fingerprint density at radius 1 is 1.38 bits per heavy atom. The second kappa shape index (κ2) is 6.97. The first-order chi connectivity index (χ1) is 11.6. The van der Waals surface area contributed by atoms with Crippen molar-refractivity contribution < 1.29 is 9.53 Å². The van der Waals surface area contributed by atoms with Crippen LogP contribution in [-0.2, 0) is 4.74 Å². The molecule has 6 nitrogen and oxygen atoms in total. The van der Waals surface area contributed by atoms with Gasteiger partial charge in [0, 0.05) is 18.4 Å². The van der Waals surface area contributed by atoms with Crippen LogP contribution in [0.4, 0.5) is 0 Å². The highest BCUT2D eigenvalue weighted by molar-refractivity contribution is 5.92. The summed E-state index contributed by atoms with van der Waals surface area (Å²) in [5.74, 6) is -0.465. The molecule has 0 unspecified atom stereocenters. The number of para-hydroxylation sites is 1. The molecular weight excluding hydrogens is 306 g/mol. The highest BCUT2D eigenvalue weighted by Gasteiger charge is 2.25. The first kappa shape index (κ1) is 16.4. The van der Waals surface area contributed by atoms with Gasteiger partial charge in [-0.1, -0.05) is 18.2 Å². The van der Waals surface area contributed by atoms with Gasteiger partial charge >= 0.3 is 0 Å². The molecule has 1 fully saturated rings. The molecule has 1 aliphatic heterocycles. The topological polar surface area (TPSA) is 73.2 Å². The van der Waals surface area contributed by atoms with E-state index in [9.17, 15) is 9.59 Å². The molecule has 1 saturated heterocycles. The largest absolute Gasteiger partial charge is 0.376 e. The van der Waals surface area contributed by atoms with Gasteiger partial charge < -0.3 is 10.1 Å². The summed E-state index contributed by atoms with van der Waals surface area (Å²) in [6.45, 7) is 4.39. The Kier molecular flexibility index (Phi) is 4.76. The Morgan fingerprint density at radius 2 is 2.12 bits per heavy atom. The fourth-order valence-corrected chi connectivity index (χ4v) is 2.90. The first-order valence-electron chi connectivity index (χ1n) is 8.15. The molecule has 2 atom stereocenters. The highest BCUT2D eigenvalue weighted by Crippen LogP contribution is 2.15. The van der Waals surface area contributed by atoms with Crippen LogP contribution in [0.15, 0.2) is 41.2 Å². The number of rotatable bonds is 4. The molecule has 0 saturated carbocycles. The molecule has 2 heterocycles. The molecule has 0 bridgehead atoms. The Labute approximate surface area is 140 Å². The molecule has 1 N–H and O–H groups in total. The van der Waals surface area contributed by atoms with Gasteiger partial charge in [-0.05, 0) is 38.8 Å². The molecule has 1 aromatic carbocycles. The van der Waals surface area contributed by atoms with E-state index in [1.807, 2.05) is 37.3 Å². The molecule has 1 aromatic heterocycles. The monoisotopic (exact) mass is 327 g/mol. The van der Waals surface area contributed by atoms with Crippen LogP contribution in [0.5, 0.6) is 0 Å². The predicted octanol–water partition coefficient (Wildman–Crippen LogP) is 1.84. The molecule has 2 aromatic rings. The van der Waals surface area contributed by atoms with Crippen LogP contribution < -0.4 is 10.7 Å². The summed E-state index contributed by atoms with van der Waals surface area (Å²) in [4.78, 5) is 24.7. The van der Waals surface area contributed by atoms with E-state index in [0.717, 1.165) is 18.5 Å². The van der Waals surface area contributed by atoms with Crippen molar-refractivity contribution in [2.45, 2.75) is 38.8 Å². The van der Waals surface area contributed by atoms with E-state index in [-0.39, 0.29) is 23.3 Å². The van der Waals surface area contributed by atoms with Crippen molar-refractivity contribution in [3.63, 3.8) is 0 Å². The van der Waals surface area contributed by atoms with E-state index < -0.39 is 5.91 Å². The minimum atomic E-state index is -0.465. The number of nitrogens with one attached hydrogen (secondary N) is 1. The molecule has 126 valence electrons. The molecule has 1 amide bonds. The zero-order valence-electron chi connectivity index (χ0n) is 13.9. The van der Waals surface area contributed by atoms with Gasteiger partial charge in [-0.2, -0.15) is 5.10 Å². The molecule has 6 heteroatoms. The second-order valence-electron chi connectivity index (χ2n) is 6.06. The van der Waals surface area contributed by atoms with Crippen molar-refractivity contribution >= 4 is 5.91 Å². The fourth-order valence-electron chi connectivity index (χ4n) is 2.90. The van der Waals surface area contributed by atoms with Crippen molar-refractivity contribution in [3.05, 3.63) is 58.0 Å². The van der Waals surface area contributed by atoms with Crippen LogP contribution in [0.1, 0.15) is 35.9 Å². The van der Waals surface area contributed by atoms with Gasteiger partial charge in [0.2, 0.25) is 5.43 Å². The van der Waals surface area contributed by atoms with Crippen LogP contribution in [0.2, 0.25) is 0 Å². The normalized spacial score (nSPS) is 18.3. The number of amides is 1. The number of hydrogen-bond acceptors (Lipinski definition) is 4. The summed E-state index contributed by atoms with van der Waals surface area (Å²) in [5, 5.41) is 7.11. The summed E-state index contributed by atoms with van der Waals surface area (Å²) < 4.78 is 7.18. The number of aryl methyl sites for hydroxylation is 1. The minimum absolute atomic E-state index is 0.00394. The van der Waals surface area contributed by atoms with Crippen molar-refractivity contribution in [1.82, 2.24) is 15.1 Å². The molecule has 24 heavy (non-hydrogen) atoms. The van der Waals surface area contributed by atoms with Gasteiger partial charge in [0.05, 0.1) is 17.8 Å². The van der Waals surface area contributed by atoms with E-state index >= 15 is 0 Å². The summed E-state index contributed by atoms with van der Waals surface area (Å²) in [6, 6.07) is 10.7. The quantitative estimate of drug-likeness (QED) is 0.930. The number of ether oxygens (including phenoxy) is 1. The highest BCUT2D eigenvalue weighted by atomic mass is 16.5. The Balaban J connectivity index is 1.87. The van der Waals surface area contributed by atoms with Gasteiger partial charge in [0.1, 0.15) is 0 Å². The van der Waals surface area contributed by atoms with Crippen LogP contribution in [0.3, 0.4) is 0 Å². The van der Waals surface area contributed by atoms with E-state index in [2.05, 4.69) is 10.4 Å². The van der Waals surface area contributed by atoms with Gasteiger partial charge in [-0.15, -0.1) is 0 Å². The summed E-state index contributed by atoms with van der Waals surface area (Å²) in [5.41, 5.74) is 0.997. The van der Waals surface area contributed by atoms with E-state index in [1.54, 1.807) is 11.6 Å². The average molecular weight is 327 g/mol. The lowest BCUT2D eigenvalue weighted by atomic mass is 10.1. The fraction of sp³-hybridized carbons (Fsp3) is 0.389. The Morgan fingerprint density at radius 3 is 2.79 bits per heavy atom. The number of hydrogen-bond donors (Lipinski definition) is 1. The van der Waals surface area contributed by atoms with E-state index in [1.165, 1.54) is 6.07 Å². The SMILES string of the molecule is Cc1cc(=O)c(C(=O)N[C@@H](C)[C@H]2CCCO2)nn1-c1ccccc1. The maximum Gasteiger partial charge on any atom is 0.276 e. The lowest BCUT2D eigenvalue weighted by Gasteiger charge is -2.20. The number of carbonyl (C=O) groups is 1. The van der Waals surface area contributed by atoms with Crippen LogP contribution in [-0.4, -0.2) is 34.4 Å². The van der Waals surface area contributed by atoms with E-state index in [0.29, 0.717) is 12.3 Å². The molecule has 0 aliphatic carbocycles. The lowest BCUT2D eigenvalue weighted by molar-refractivity contribution is 0.0708. The zero-order valence-corrected chi connectivity index (χ0v) is 13.9. The summed E-state index contributed by atoms with van der Waals surface area (Å²) in [7, 11) is 0. The molecule has 0 spiro atoms. The lowest BCUT2D eigenvalue weighted by Crippen LogP contribution is -2.43. The predicted molar refractivity (Wildman–Crippen MR) is 90.5 cm³/mol. The smallest absolute Gasteiger partial charge is 0.276 e. The van der Waals surface area contributed by atoms with Crippen LogP contribution in [0.25, 0.3) is 5.69 Å². The number of benzene rings is 1. The maximum absolute atomic E-state index is 12.5. The molecule has 3 rings (SSSR count). The molecular formula is C18H21N3O3. The number of aromatic nitrogens is 2. The Hall–Kier alpha value is -2.47. The third-order valence-electron chi connectivity index (χ3n) is 4.20. The van der Waals surface area contributed by atoms with Crippen molar-refractivity contribution in [2.75, 3.05) is 6.61 Å². The number of nitrogens with zero attached hydrogens (tertiary/aromatic N) is 2. The first-order valence-corrected chi connectivity index (χ1v) is 8.15. The van der Waals surface area contributed by atoms with Crippen LogP contribution in [0, 0.1) is 6.92 Å². The summed E-state index contributed by atoms with van der Waals surface area (Å²) >= 11 is 0. The maximum atomic E-state index is 12.5. The van der Waals surface area contributed by atoms with Gasteiger partial charge in [-0.25, -0.2) is 4.68 Å². The zero-order chi connectivity index (χ0) is 17.1. The number of carbonyl (C=O) groups excluding carboxylic acids is 1. The van der Waals surface area contributed by atoms with E-state index in [4.69, 9.17) is 4.74 Å². The summed E-state index contributed by atoms with van der Waals surface area (Å²) in [6.07, 6.45) is 1.90.